The summed E-state index contributed by atoms with van der Waals surface area (Å²) in [7, 11) is -3.72. The molecule has 0 fully saturated rings. The van der Waals surface area contributed by atoms with E-state index in [0.717, 1.165) is 12.0 Å². The lowest BCUT2D eigenvalue weighted by Gasteiger charge is -2.19. The SMILES string of the molecule is CC(C)CC(CN)NC(=O)c1cccc(S(=O)(=O)NCc2ccccc2)c1. The first-order valence-electron chi connectivity index (χ1n) is 8.96. The first-order chi connectivity index (χ1) is 12.8. The van der Waals surface area contributed by atoms with E-state index < -0.39 is 10.0 Å². The van der Waals surface area contributed by atoms with Crippen LogP contribution in [0.1, 0.15) is 36.2 Å². The Hall–Kier alpha value is -2.22. The molecule has 0 aliphatic heterocycles. The summed E-state index contributed by atoms with van der Waals surface area (Å²) in [5.41, 5.74) is 6.87. The molecule has 0 aliphatic rings. The molecule has 2 aromatic rings. The normalized spacial score (nSPS) is 12.7. The summed E-state index contributed by atoms with van der Waals surface area (Å²) in [6, 6.07) is 15.1. The van der Waals surface area contributed by atoms with E-state index in [9.17, 15) is 13.2 Å². The summed E-state index contributed by atoms with van der Waals surface area (Å²) in [5.74, 6) is 0.0685. The third kappa shape index (κ3) is 6.46. The Bertz CT molecular complexity index is 852. The molecule has 1 unspecified atom stereocenters. The first-order valence-corrected chi connectivity index (χ1v) is 10.4. The first kappa shape index (κ1) is 21.1. The van der Waals surface area contributed by atoms with Crippen molar-refractivity contribution in [2.45, 2.75) is 37.8 Å². The van der Waals surface area contributed by atoms with Gasteiger partial charge < -0.3 is 11.1 Å². The number of amides is 1. The molecule has 0 bridgehead atoms. The zero-order valence-corrected chi connectivity index (χ0v) is 16.5. The maximum absolute atomic E-state index is 12.5. The van der Waals surface area contributed by atoms with Crippen LogP contribution >= 0.6 is 0 Å². The van der Waals surface area contributed by atoms with Crippen molar-refractivity contribution in [3.63, 3.8) is 0 Å². The minimum Gasteiger partial charge on any atom is -0.348 e. The molecular formula is C20H27N3O3S. The van der Waals surface area contributed by atoms with Crippen LogP contribution in [0.4, 0.5) is 0 Å². The van der Waals surface area contributed by atoms with Gasteiger partial charge in [0.1, 0.15) is 0 Å². The Labute approximate surface area is 161 Å². The Morgan fingerprint density at radius 2 is 1.78 bits per heavy atom. The molecule has 0 saturated carbocycles. The van der Waals surface area contributed by atoms with Crippen LogP contribution in [0.3, 0.4) is 0 Å². The van der Waals surface area contributed by atoms with Gasteiger partial charge in [0.2, 0.25) is 10.0 Å². The van der Waals surface area contributed by atoms with Crippen molar-refractivity contribution in [3.05, 3.63) is 65.7 Å². The molecule has 0 aromatic heterocycles. The van der Waals surface area contributed by atoms with E-state index in [1.54, 1.807) is 12.1 Å². The maximum atomic E-state index is 12.5. The quantitative estimate of drug-likeness (QED) is 0.612. The third-order valence-electron chi connectivity index (χ3n) is 4.09. The highest BCUT2D eigenvalue weighted by atomic mass is 32.2. The van der Waals surface area contributed by atoms with E-state index in [0.29, 0.717) is 18.0 Å². The molecule has 2 rings (SSSR count). The predicted molar refractivity (Wildman–Crippen MR) is 107 cm³/mol. The van der Waals surface area contributed by atoms with Gasteiger partial charge >= 0.3 is 0 Å². The van der Waals surface area contributed by atoms with Crippen LogP contribution in [-0.2, 0) is 16.6 Å². The monoisotopic (exact) mass is 389 g/mol. The molecule has 6 nitrogen and oxygen atoms in total. The summed E-state index contributed by atoms with van der Waals surface area (Å²) in [6.07, 6.45) is 0.763. The van der Waals surface area contributed by atoms with Crippen LogP contribution in [0.2, 0.25) is 0 Å². The van der Waals surface area contributed by atoms with E-state index in [1.165, 1.54) is 12.1 Å². The number of sulfonamides is 1. The number of nitrogens with one attached hydrogen (secondary N) is 2. The lowest BCUT2D eigenvalue weighted by Crippen LogP contribution is -2.41. The molecule has 7 heteroatoms. The van der Waals surface area contributed by atoms with Gasteiger partial charge in [0, 0.05) is 24.7 Å². The van der Waals surface area contributed by atoms with Gasteiger partial charge in [0.05, 0.1) is 4.90 Å². The molecular weight excluding hydrogens is 362 g/mol. The topological polar surface area (TPSA) is 101 Å². The van der Waals surface area contributed by atoms with Crippen molar-refractivity contribution in [2.24, 2.45) is 11.7 Å². The summed E-state index contributed by atoms with van der Waals surface area (Å²) in [6.45, 7) is 4.63. The van der Waals surface area contributed by atoms with Crippen molar-refractivity contribution >= 4 is 15.9 Å². The number of nitrogens with two attached hydrogens (primary N) is 1. The Morgan fingerprint density at radius 3 is 2.41 bits per heavy atom. The van der Waals surface area contributed by atoms with E-state index in [1.807, 2.05) is 30.3 Å². The van der Waals surface area contributed by atoms with Crippen molar-refractivity contribution in [1.82, 2.24) is 10.0 Å². The van der Waals surface area contributed by atoms with E-state index in [2.05, 4.69) is 23.9 Å². The zero-order valence-electron chi connectivity index (χ0n) is 15.7. The number of rotatable bonds is 9. The zero-order chi connectivity index (χ0) is 19.9. The largest absolute Gasteiger partial charge is 0.348 e. The van der Waals surface area contributed by atoms with E-state index >= 15 is 0 Å². The van der Waals surface area contributed by atoms with Gasteiger partial charge in [-0.3, -0.25) is 4.79 Å². The second-order valence-corrected chi connectivity index (χ2v) is 8.64. The lowest BCUT2D eigenvalue weighted by atomic mass is 10.0. The minimum atomic E-state index is -3.72. The van der Waals surface area contributed by atoms with Crippen LogP contribution in [0.25, 0.3) is 0 Å². The van der Waals surface area contributed by atoms with Gasteiger partial charge in [0.15, 0.2) is 0 Å². The number of carbonyl (C=O) groups is 1. The fourth-order valence-corrected chi connectivity index (χ4v) is 3.78. The minimum absolute atomic E-state index is 0.0549. The third-order valence-corrected chi connectivity index (χ3v) is 5.49. The van der Waals surface area contributed by atoms with Gasteiger partial charge in [-0.1, -0.05) is 50.2 Å². The molecule has 0 saturated heterocycles. The van der Waals surface area contributed by atoms with Gasteiger partial charge in [0.25, 0.3) is 5.91 Å². The fourth-order valence-electron chi connectivity index (χ4n) is 2.71. The molecule has 146 valence electrons. The number of benzene rings is 2. The smallest absolute Gasteiger partial charge is 0.251 e. The number of carbonyl (C=O) groups excluding carboxylic acids is 1. The lowest BCUT2D eigenvalue weighted by molar-refractivity contribution is 0.0933. The Kier molecular flexibility index (Phi) is 7.53. The summed E-state index contributed by atoms with van der Waals surface area (Å²) < 4.78 is 27.6. The Morgan fingerprint density at radius 1 is 1.07 bits per heavy atom. The molecule has 27 heavy (non-hydrogen) atoms. The molecule has 0 heterocycles. The van der Waals surface area contributed by atoms with Crippen LogP contribution in [0.15, 0.2) is 59.5 Å². The second-order valence-electron chi connectivity index (χ2n) is 6.87. The highest BCUT2D eigenvalue weighted by molar-refractivity contribution is 7.89. The van der Waals surface area contributed by atoms with Gasteiger partial charge in [-0.05, 0) is 36.1 Å². The molecule has 0 aliphatic carbocycles. The van der Waals surface area contributed by atoms with Crippen molar-refractivity contribution in [3.8, 4) is 0 Å². The highest BCUT2D eigenvalue weighted by Crippen LogP contribution is 2.13. The summed E-state index contributed by atoms with van der Waals surface area (Å²) >= 11 is 0. The van der Waals surface area contributed by atoms with Gasteiger partial charge in [-0.15, -0.1) is 0 Å². The standard InChI is InChI=1S/C20H27N3O3S/c1-15(2)11-18(13-21)23-20(24)17-9-6-10-19(12-17)27(25,26)22-14-16-7-4-3-5-8-16/h3-10,12,15,18,22H,11,13-14,21H2,1-2H3,(H,23,24). The summed E-state index contributed by atoms with van der Waals surface area (Å²) in [5, 5.41) is 2.87. The highest BCUT2D eigenvalue weighted by Gasteiger charge is 2.18. The predicted octanol–water partition coefficient (Wildman–Crippen LogP) is 2.27. The summed E-state index contributed by atoms with van der Waals surface area (Å²) in [4.78, 5) is 12.5. The van der Waals surface area contributed by atoms with Crippen LogP contribution in [-0.4, -0.2) is 26.9 Å². The molecule has 1 atom stereocenters. The average molecular weight is 390 g/mol. The number of hydrogen-bond acceptors (Lipinski definition) is 4. The van der Waals surface area contributed by atoms with Crippen molar-refractivity contribution < 1.29 is 13.2 Å². The Balaban J connectivity index is 2.10. The molecule has 2 aromatic carbocycles. The van der Waals surface area contributed by atoms with Gasteiger partial charge in [-0.25, -0.2) is 13.1 Å². The molecule has 1 amide bonds. The fraction of sp³-hybridized carbons (Fsp3) is 0.350. The van der Waals surface area contributed by atoms with Crippen molar-refractivity contribution in [1.29, 1.82) is 0 Å². The maximum Gasteiger partial charge on any atom is 0.251 e. The molecule has 4 N–H and O–H groups in total. The van der Waals surface area contributed by atoms with Crippen LogP contribution in [0.5, 0.6) is 0 Å². The average Bonchev–Trinajstić information content (AvgIpc) is 2.66. The molecule has 0 radical (unpaired) electrons. The van der Waals surface area contributed by atoms with Crippen LogP contribution < -0.4 is 15.8 Å². The molecule has 0 spiro atoms. The number of hydrogen-bond donors (Lipinski definition) is 3. The van der Waals surface area contributed by atoms with E-state index in [4.69, 9.17) is 5.73 Å². The second kappa shape index (κ2) is 9.64. The van der Waals surface area contributed by atoms with E-state index in [-0.39, 0.29) is 23.4 Å². The van der Waals surface area contributed by atoms with Crippen molar-refractivity contribution in [2.75, 3.05) is 6.54 Å². The van der Waals surface area contributed by atoms with Crippen LogP contribution in [0, 0.1) is 5.92 Å². The van der Waals surface area contributed by atoms with Gasteiger partial charge in [-0.2, -0.15) is 0 Å².